The summed E-state index contributed by atoms with van der Waals surface area (Å²) in [5.41, 5.74) is 1.04. The lowest BCUT2D eigenvalue weighted by Crippen LogP contribution is -2.30. The quantitative estimate of drug-likeness (QED) is 0.842. The molecular weight excluding hydrogens is 333 g/mol. The van der Waals surface area contributed by atoms with Crippen LogP contribution in [0.15, 0.2) is 30.5 Å². The fourth-order valence-electron chi connectivity index (χ4n) is 5.15. The Morgan fingerprint density at radius 3 is 2.73 bits per heavy atom. The second-order valence-corrected chi connectivity index (χ2v) is 7.86. The highest BCUT2D eigenvalue weighted by atomic mass is 19.1. The molecular formula is C21H24FNO3. The molecule has 0 radical (unpaired) electrons. The topological polar surface area (TPSA) is 59.4 Å². The number of carbonyl (C=O) groups is 1. The van der Waals surface area contributed by atoms with Crippen LogP contribution in [0.2, 0.25) is 0 Å². The number of aromatic nitrogens is 1. The lowest BCUT2D eigenvalue weighted by atomic mass is 9.88. The zero-order valence-corrected chi connectivity index (χ0v) is 15.0. The van der Waals surface area contributed by atoms with Gasteiger partial charge in [-0.05, 0) is 80.2 Å². The van der Waals surface area contributed by atoms with Gasteiger partial charge in [-0.2, -0.15) is 0 Å². The van der Waals surface area contributed by atoms with E-state index >= 15 is 0 Å². The number of fused-ring (bicyclic) bond motifs is 2. The van der Waals surface area contributed by atoms with Gasteiger partial charge >= 0.3 is 5.97 Å². The van der Waals surface area contributed by atoms with Gasteiger partial charge in [-0.25, -0.2) is 4.39 Å². The Balaban J connectivity index is 1.50. The summed E-state index contributed by atoms with van der Waals surface area (Å²) in [6.45, 7) is 2.12. The third-order valence-corrected chi connectivity index (χ3v) is 6.08. The van der Waals surface area contributed by atoms with E-state index in [2.05, 4.69) is 4.98 Å². The van der Waals surface area contributed by atoms with Gasteiger partial charge in [0.15, 0.2) is 0 Å². The zero-order chi connectivity index (χ0) is 18.3. The Hall–Kier alpha value is -2.01. The minimum atomic E-state index is -0.932. The van der Waals surface area contributed by atoms with Crippen molar-refractivity contribution in [3.05, 3.63) is 41.8 Å². The van der Waals surface area contributed by atoms with Crippen LogP contribution in [-0.4, -0.2) is 28.3 Å². The molecule has 2 fully saturated rings. The minimum Gasteiger partial charge on any atom is -0.466 e. The molecule has 1 aromatic heterocycles. The van der Waals surface area contributed by atoms with Crippen molar-refractivity contribution in [2.24, 2.45) is 11.8 Å². The second kappa shape index (κ2) is 6.62. The molecule has 1 N–H and O–H groups in total. The monoisotopic (exact) mass is 357 g/mol. The molecule has 26 heavy (non-hydrogen) atoms. The van der Waals surface area contributed by atoms with E-state index in [-0.39, 0.29) is 18.2 Å². The highest BCUT2D eigenvalue weighted by Crippen LogP contribution is 2.55. The van der Waals surface area contributed by atoms with E-state index < -0.39 is 5.60 Å². The van der Waals surface area contributed by atoms with Gasteiger partial charge in [0.2, 0.25) is 0 Å². The molecule has 4 rings (SSSR count). The van der Waals surface area contributed by atoms with E-state index in [9.17, 15) is 14.3 Å². The van der Waals surface area contributed by atoms with Crippen LogP contribution in [0.3, 0.4) is 0 Å². The van der Waals surface area contributed by atoms with Gasteiger partial charge in [-0.15, -0.1) is 0 Å². The number of aliphatic hydroxyl groups is 1. The van der Waals surface area contributed by atoms with E-state index in [1.54, 1.807) is 25.3 Å². The largest absolute Gasteiger partial charge is 0.466 e. The molecule has 1 aromatic carbocycles. The summed E-state index contributed by atoms with van der Waals surface area (Å²) < 4.78 is 18.7. The SMILES string of the molecule is CCOC(=O)CC1(O)CC2CC(c3ccnc4ccc(F)cc34)C[C@@H]2C1. The molecule has 3 unspecified atom stereocenters. The van der Waals surface area contributed by atoms with Crippen LogP contribution in [0.25, 0.3) is 10.9 Å². The van der Waals surface area contributed by atoms with Gasteiger partial charge in [-0.1, -0.05) is 0 Å². The molecule has 4 nitrogen and oxygen atoms in total. The molecule has 0 saturated heterocycles. The molecule has 0 bridgehead atoms. The Kier molecular flexibility index (Phi) is 4.43. The summed E-state index contributed by atoms with van der Waals surface area (Å²) in [7, 11) is 0. The predicted octanol–water partition coefficient (Wildman–Crippen LogP) is 3.96. The number of carbonyl (C=O) groups excluding carboxylic acids is 1. The molecule has 0 amide bonds. The first-order chi connectivity index (χ1) is 12.5. The summed E-state index contributed by atoms with van der Waals surface area (Å²) in [4.78, 5) is 16.1. The average molecular weight is 357 g/mol. The van der Waals surface area contributed by atoms with Gasteiger partial charge in [-0.3, -0.25) is 9.78 Å². The molecule has 5 heteroatoms. The van der Waals surface area contributed by atoms with Crippen LogP contribution in [0.4, 0.5) is 4.39 Å². The smallest absolute Gasteiger partial charge is 0.308 e. The van der Waals surface area contributed by atoms with Crippen molar-refractivity contribution in [3.63, 3.8) is 0 Å². The molecule has 0 spiro atoms. The molecule has 2 saturated carbocycles. The molecule has 138 valence electrons. The first kappa shape index (κ1) is 17.4. The van der Waals surface area contributed by atoms with Crippen LogP contribution in [0.5, 0.6) is 0 Å². The summed E-state index contributed by atoms with van der Waals surface area (Å²) in [5, 5.41) is 11.7. The first-order valence-electron chi connectivity index (χ1n) is 9.39. The molecule has 2 aliphatic carbocycles. The van der Waals surface area contributed by atoms with Gasteiger partial charge in [0.25, 0.3) is 0 Å². The maximum absolute atomic E-state index is 13.7. The van der Waals surface area contributed by atoms with Crippen molar-refractivity contribution in [1.82, 2.24) is 4.98 Å². The molecule has 2 aliphatic rings. The third-order valence-electron chi connectivity index (χ3n) is 6.08. The van der Waals surface area contributed by atoms with Gasteiger partial charge in [0, 0.05) is 11.6 Å². The normalized spacial score (nSPS) is 30.5. The van der Waals surface area contributed by atoms with Crippen molar-refractivity contribution in [2.75, 3.05) is 6.61 Å². The third kappa shape index (κ3) is 3.20. The van der Waals surface area contributed by atoms with E-state index in [0.29, 0.717) is 37.2 Å². The number of hydrogen-bond acceptors (Lipinski definition) is 4. The van der Waals surface area contributed by atoms with Gasteiger partial charge in [0.1, 0.15) is 5.82 Å². The van der Waals surface area contributed by atoms with Gasteiger partial charge < -0.3 is 9.84 Å². The van der Waals surface area contributed by atoms with E-state index in [1.165, 1.54) is 6.07 Å². The summed E-state index contributed by atoms with van der Waals surface area (Å²) >= 11 is 0. The predicted molar refractivity (Wildman–Crippen MR) is 96.1 cm³/mol. The van der Waals surface area contributed by atoms with Crippen molar-refractivity contribution >= 4 is 16.9 Å². The van der Waals surface area contributed by atoms with E-state index in [0.717, 1.165) is 29.3 Å². The number of esters is 1. The summed E-state index contributed by atoms with van der Waals surface area (Å²) in [6, 6.07) is 6.74. The fraction of sp³-hybridized carbons (Fsp3) is 0.524. The summed E-state index contributed by atoms with van der Waals surface area (Å²) in [6.07, 6.45) is 5.09. The Bertz CT molecular complexity index is 823. The standard InChI is InChI=1S/C21H24FNO3/c1-2-26-20(24)12-21(25)10-14-7-13(8-15(14)11-21)17-5-6-23-19-4-3-16(22)9-18(17)19/h3-6,9,13-15,25H,2,7-8,10-12H2,1H3/t13?,14-,15?,21?/m1/s1. The van der Waals surface area contributed by atoms with Crippen molar-refractivity contribution in [1.29, 1.82) is 0 Å². The van der Waals surface area contributed by atoms with Gasteiger partial charge in [0.05, 0.1) is 24.1 Å². The van der Waals surface area contributed by atoms with E-state index in [1.807, 2.05) is 6.07 Å². The van der Waals surface area contributed by atoms with Crippen LogP contribution >= 0.6 is 0 Å². The second-order valence-electron chi connectivity index (χ2n) is 7.86. The average Bonchev–Trinajstić information content (AvgIpc) is 3.08. The maximum Gasteiger partial charge on any atom is 0.308 e. The lowest BCUT2D eigenvalue weighted by molar-refractivity contribution is -0.148. The number of pyridine rings is 1. The molecule has 2 aromatic rings. The Morgan fingerprint density at radius 1 is 1.31 bits per heavy atom. The number of nitrogens with zero attached hydrogens (tertiary/aromatic N) is 1. The molecule has 0 aliphatic heterocycles. The zero-order valence-electron chi connectivity index (χ0n) is 15.0. The van der Waals surface area contributed by atoms with Crippen LogP contribution in [-0.2, 0) is 9.53 Å². The van der Waals surface area contributed by atoms with Crippen LogP contribution in [0, 0.1) is 17.7 Å². The highest BCUT2D eigenvalue weighted by molar-refractivity contribution is 5.82. The number of hydrogen-bond donors (Lipinski definition) is 1. The first-order valence-corrected chi connectivity index (χ1v) is 9.39. The molecule has 4 atom stereocenters. The Labute approximate surface area is 152 Å². The number of rotatable bonds is 4. The van der Waals surface area contributed by atoms with Crippen molar-refractivity contribution in [3.8, 4) is 0 Å². The maximum atomic E-state index is 13.7. The lowest BCUT2D eigenvalue weighted by Gasteiger charge is -2.24. The minimum absolute atomic E-state index is 0.0852. The van der Waals surface area contributed by atoms with Crippen LogP contribution in [0.1, 0.15) is 50.5 Å². The Morgan fingerprint density at radius 2 is 2.04 bits per heavy atom. The highest BCUT2D eigenvalue weighted by Gasteiger charge is 2.49. The van der Waals surface area contributed by atoms with E-state index in [4.69, 9.17) is 4.74 Å². The van der Waals surface area contributed by atoms with Crippen molar-refractivity contribution in [2.45, 2.75) is 50.5 Å². The number of ether oxygens (including phenoxy) is 1. The molecule has 1 heterocycles. The fourth-order valence-corrected chi connectivity index (χ4v) is 5.15. The van der Waals surface area contributed by atoms with Crippen LogP contribution < -0.4 is 0 Å². The van der Waals surface area contributed by atoms with Crippen molar-refractivity contribution < 1.29 is 19.0 Å². The summed E-state index contributed by atoms with van der Waals surface area (Å²) in [5.74, 6) is 0.590. The number of halogens is 1. The number of benzene rings is 1.